The van der Waals surface area contributed by atoms with E-state index in [2.05, 4.69) is 178 Å². The second-order valence-electron chi connectivity index (χ2n) is 13.1. The lowest BCUT2D eigenvalue weighted by molar-refractivity contribution is 1.05. The van der Waals surface area contributed by atoms with Gasteiger partial charge < -0.3 is 9.13 Å². The maximum atomic E-state index is 5.28. The Labute approximate surface area is 293 Å². The van der Waals surface area contributed by atoms with Crippen LogP contribution in [0.5, 0.6) is 0 Å². The molecule has 238 valence electrons. The van der Waals surface area contributed by atoms with E-state index < -0.39 is 0 Å². The first kappa shape index (κ1) is 27.9. The van der Waals surface area contributed by atoms with Crippen molar-refractivity contribution < 1.29 is 0 Å². The highest BCUT2D eigenvalue weighted by molar-refractivity contribution is 6.22. The molecule has 1 aliphatic rings. The maximum Gasteiger partial charge on any atom is 0.235 e. The molecule has 0 aliphatic carbocycles. The molecule has 0 saturated heterocycles. The normalized spacial score (nSPS) is 12.3. The molecule has 7 aromatic carbocycles. The molecule has 5 nitrogen and oxygen atoms in total. The van der Waals surface area contributed by atoms with E-state index in [9.17, 15) is 0 Å². The molecule has 5 heteroatoms. The molecule has 0 atom stereocenters. The van der Waals surface area contributed by atoms with Gasteiger partial charge in [0.1, 0.15) is 0 Å². The summed E-state index contributed by atoms with van der Waals surface area (Å²) in [5.74, 6) is 0.637. The van der Waals surface area contributed by atoms with Crippen LogP contribution in [0.1, 0.15) is 0 Å². The van der Waals surface area contributed by atoms with E-state index >= 15 is 0 Å². The summed E-state index contributed by atoms with van der Waals surface area (Å²) < 4.78 is 4.84. The summed E-state index contributed by atoms with van der Waals surface area (Å²) in [6, 6.07) is 62.3. The van der Waals surface area contributed by atoms with Crippen molar-refractivity contribution >= 4 is 60.9 Å². The summed E-state index contributed by atoms with van der Waals surface area (Å²) in [5.41, 5.74) is 12.9. The van der Waals surface area contributed by atoms with E-state index in [0.717, 1.165) is 50.8 Å². The third-order valence-electron chi connectivity index (χ3n) is 10.2. The van der Waals surface area contributed by atoms with E-state index in [1.54, 1.807) is 0 Å². The van der Waals surface area contributed by atoms with E-state index in [1.807, 2.05) is 12.1 Å². The number of anilines is 3. The van der Waals surface area contributed by atoms with Gasteiger partial charge in [0.05, 0.1) is 50.5 Å². The standard InChI is InChI=1S/C46H29N5/c1-4-15-30(16-5-1)37-29-38(31-17-6-2-7-18-31)48-46(47-37)51-41-25-13-12-24-40(41)50-44-27-35-33-21-10-11-23-39(33)49(32-19-8-3-9-20-32)43(35)28-36(44)34-22-14-26-42(51)45(34)50/h1-29H. The fraction of sp³-hybridized carbons (Fsp3) is 0. The van der Waals surface area contributed by atoms with Crippen molar-refractivity contribution in [1.29, 1.82) is 0 Å². The van der Waals surface area contributed by atoms with Gasteiger partial charge in [0.15, 0.2) is 0 Å². The van der Waals surface area contributed by atoms with E-state index in [4.69, 9.17) is 9.97 Å². The highest BCUT2D eigenvalue weighted by Crippen LogP contribution is 2.50. The molecule has 4 heterocycles. The van der Waals surface area contributed by atoms with Crippen LogP contribution < -0.4 is 4.90 Å². The zero-order valence-corrected chi connectivity index (χ0v) is 27.5. The minimum Gasteiger partial charge on any atom is -0.309 e. The second kappa shape index (κ2) is 10.8. The fourth-order valence-corrected chi connectivity index (χ4v) is 8.03. The molecule has 10 aromatic rings. The number of hydrogen-bond acceptors (Lipinski definition) is 3. The van der Waals surface area contributed by atoms with E-state index in [1.165, 1.54) is 38.1 Å². The van der Waals surface area contributed by atoms with Crippen LogP contribution in [-0.2, 0) is 0 Å². The van der Waals surface area contributed by atoms with Crippen LogP contribution in [-0.4, -0.2) is 19.1 Å². The third kappa shape index (κ3) is 4.09. The Balaban J connectivity index is 1.23. The summed E-state index contributed by atoms with van der Waals surface area (Å²) in [6.45, 7) is 0. The first-order valence-electron chi connectivity index (χ1n) is 17.3. The predicted octanol–water partition coefficient (Wildman–Crippen LogP) is 11.8. The number of nitrogens with zero attached hydrogens (tertiary/aromatic N) is 5. The van der Waals surface area contributed by atoms with Crippen molar-refractivity contribution in [3.63, 3.8) is 0 Å². The van der Waals surface area contributed by atoms with Crippen molar-refractivity contribution in [2.45, 2.75) is 0 Å². The summed E-state index contributed by atoms with van der Waals surface area (Å²) >= 11 is 0. The molecular formula is C46H29N5. The Morgan fingerprint density at radius 1 is 0.353 bits per heavy atom. The molecule has 0 spiro atoms. The van der Waals surface area contributed by atoms with E-state index in [-0.39, 0.29) is 0 Å². The van der Waals surface area contributed by atoms with Crippen molar-refractivity contribution in [3.05, 3.63) is 176 Å². The molecule has 0 radical (unpaired) electrons. The SMILES string of the molecule is c1ccc(-c2cc(-c3ccccc3)nc(N3c4ccccc4-n4c5cc6c7ccccc7n(-c7ccccc7)c6cc5c5cccc3c54)n2)cc1. The third-order valence-corrected chi connectivity index (χ3v) is 10.2. The average Bonchev–Trinajstić information content (AvgIpc) is 3.71. The summed E-state index contributed by atoms with van der Waals surface area (Å²) in [4.78, 5) is 12.8. The Hall–Kier alpha value is -6.98. The molecule has 0 saturated carbocycles. The van der Waals surface area contributed by atoms with Crippen LogP contribution in [0.15, 0.2) is 176 Å². The minimum atomic E-state index is 0.637. The first-order valence-corrected chi connectivity index (χ1v) is 17.3. The Kier molecular flexibility index (Phi) is 5.89. The molecule has 51 heavy (non-hydrogen) atoms. The zero-order valence-electron chi connectivity index (χ0n) is 27.5. The molecule has 1 aliphatic heterocycles. The minimum absolute atomic E-state index is 0.637. The highest BCUT2D eigenvalue weighted by Gasteiger charge is 2.31. The maximum absolute atomic E-state index is 5.28. The molecule has 11 rings (SSSR count). The lowest BCUT2D eigenvalue weighted by atomic mass is 10.1. The van der Waals surface area contributed by atoms with Crippen molar-refractivity contribution in [1.82, 2.24) is 19.1 Å². The topological polar surface area (TPSA) is 38.9 Å². The quantitative estimate of drug-likeness (QED) is 0.190. The second-order valence-corrected chi connectivity index (χ2v) is 13.1. The Morgan fingerprint density at radius 3 is 1.59 bits per heavy atom. The van der Waals surface area contributed by atoms with Crippen LogP contribution in [0.4, 0.5) is 17.3 Å². The predicted molar refractivity (Wildman–Crippen MR) is 210 cm³/mol. The van der Waals surface area contributed by atoms with Gasteiger partial charge in [-0.15, -0.1) is 0 Å². The van der Waals surface area contributed by atoms with Gasteiger partial charge in [-0.3, -0.25) is 4.90 Å². The van der Waals surface area contributed by atoms with Gasteiger partial charge in [-0.2, -0.15) is 0 Å². The monoisotopic (exact) mass is 651 g/mol. The molecule has 0 unspecified atom stereocenters. The molecule has 0 bridgehead atoms. The van der Waals surface area contributed by atoms with Gasteiger partial charge in [0.2, 0.25) is 5.95 Å². The van der Waals surface area contributed by atoms with Gasteiger partial charge in [-0.1, -0.05) is 121 Å². The Morgan fingerprint density at radius 2 is 0.882 bits per heavy atom. The Bertz CT molecular complexity index is 2900. The summed E-state index contributed by atoms with van der Waals surface area (Å²) in [7, 11) is 0. The zero-order chi connectivity index (χ0) is 33.5. The van der Waals surface area contributed by atoms with Gasteiger partial charge in [-0.05, 0) is 54.6 Å². The van der Waals surface area contributed by atoms with Gasteiger partial charge in [0, 0.05) is 38.4 Å². The summed E-state index contributed by atoms with van der Waals surface area (Å²) in [6.07, 6.45) is 0. The molecule has 3 aromatic heterocycles. The molecule has 0 fully saturated rings. The lowest BCUT2D eigenvalue weighted by Crippen LogP contribution is -2.20. The van der Waals surface area contributed by atoms with Crippen LogP contribution in [0.2, 0.25) is 0 Å². The van der Waals surface area contributed by atoms with Gasteiger partial charge >= 0.3 is 0 Å². The number of aromatic nitrogens is 4. The van der Waals surface area contributed by atoms with Gasteiger partial charge in [0.25, 0.3) is 0 Å². The average molecular weight is 652 g/mol. The molecule has 0 amide bonds. The van der Waals surface area contributed by atoms with Crippen LogP contribution in [0.3, 0.4) is 0 Å². The number of fused-ring (bicyclic) bond motifs is 8. The van der Waals surface area contributed by atoms with Crippen LogP contribution in [0, 0.1) is 0 Å². The first-order chi connectivity index (χ1) is 25.3. The van der Waals surface area contributed by atoms with E-state index in [0.29, 0.717) is 5.95 Å². The smallest absolute Gasteiger partial charge is 0.235 e. The van der Waals surface area contributed by atoms with Gasteiger partial charge in [-0.25, -0.2) is 9.97 Å². The number of rotatable bonds is 4. The van der Waals surface area contributed by atoms with Crippen molar-refractivity contribution in [2.24, 2.45) is 0 Å². The van der Waals surface area contributed by atoms with Crippen LogP contribution >= 0.6 is 0 Å². The number of para-hydroxylation sites is 5. The summed E-state index contributed by atoms with van der Waals surface area (Å²) in [5, 5.41) is 4.87. The molecular weight excluding hydrogens is 623 g/mol. The largest absolute Gasteiger partial charge is 0.309 e. The van der Waals surface area contributed by atoms with Crippen molar-refractivity contribution in [3.8, 4) is 33.9 Å². The van der Waals surface area contributed by atoms with Crippen molar-refractivity contribution in [2.75, 3.05) is 4.90 Å². The highest BCUT2D eigenvalue weighted by atomic mass is 15.3. The number of benzene rings is 7. The van der Waals surface area contributed by atoms with Crippen LogP contribution in [0.25, 0.3) is 77.5 Å². The fourth-order valence-electron chi connectivity index (χ4n) is 8.03. The lowest BCUT2D eigenvalue weighted by Gasteiger charge is -2.31. The molecule has 0 N–H and O–H groups in total. The number of hydrogen-bond donors (Lipinski definition) is 0.